The molecule has 4 nitrogen and oxygen atoms in total. The van der Waals surface area contributed by atoms with Gasteiger partial charge in [0, 0.05) is 13.1 Å². The molecule has 102 valence electrons. The minimum atomic E-state index is -3.09. The zero-order valence-corrected chi connectivity index (χ0v) is 11.9. The fourth-order valence-electron chi connectivity index (χ4n) is 2.62. The van der Waals surface area contributed by atoms with Crippen LogP contribution >= 0.6 is 0 Å². The lowest BCUT2D eigenvalue weighted by Crippen LogP contribution is -2.46. The topological polar surface area (TPSA) is 63.4 Å². The molecule has 2 unspecified atom stereocenters. The van der Waals surface area contributed by atoms with E-state index in [4.69, 9.17) is 5.73 Å². The van der Waals surface area contributed by atoms with E-state index in [-0.39, 0.29) is 11.8 Å². The maximum absolute atomic E-state index is 12.1. The molecular weight excluding hydrogens is 236 g/mol. The SMILES string of the molecule is CCCCS(=O)(=O)N(C)C1CCCCC1CN. The van der Waals surface area contributed by atoms with Gasteiger partial charge in [-0.05, 0) is 31.7 Å². The van der Waals surface area contributed by atoms with Crippen molar-refractivity contribution < 1.29 is 8.42 Å². The lowest BCUT2D eigenvalue weighted by molar-refractivity contribution is 0.204. The van der Waals surface area contributed by atoms with Gasteiger partial charge in [-0.25, -0.2) is 12.7 Å². The molecule has 1 aliphatic carbocycles. The number of rotatable bonds is 6. The van der Waals surface area contributed by atoms with E-state index in [1.54, 1.807) is 11.4 Å². The van der Waals surface area contributed by atoms with Crippen molar-refractivity contribution in [3.8, 4) is 0 Å². The van der Waals surface area contributed by atoms with E-state index >= 15 is 0 Å². The molecule has 0 spiro atoms. The Morgan fingerprint density at radius 1 is 1.29 bits per heavy atom. The number of nitrogens with two attached hydrogens (primary N) is 1. The van der Waals surface area contributed by atoms with Crippen molar-refractivity contribution >= 4 is 10.0 Å². The van der Waals surface area contributed by atoms with Crippen LogP contribution in [0.2, 0.25) is 0 Å². The molecule has 1 fully saturated rings. The smallest absolute Gasteiger partial charge is 0.214 e. The number of unbranched alkanes of at least 4 members (excludes halogenated alkanes) is 1. The highest BCUT2D eigenvalue weighted by Crippen LogP contribution is 2.28. The zero-order valence-electron chi connectivity index (χ0n) is 11.1. The van der Waals surface area contributed by atoms with Gasteiger partial charge < -0.3 is 5.73 Å². The summed E-state index contributed by atoms with van der Waals surface area (Å²) >= 11 is 0. The van der Waals surface area contributed by atoms with Crippen molar-refractivity contribution in [1.29, 1.82) is 0 Å². The van der Waals surface area contributed by atoms with Gasteiger partial charge in [-0.2, -0.15) is 0 Å². The largest absolute Gasteiger partial charge is 0.330 e. The Labute approximate surface area is 106 Å². The Morgan fingerprint density at radius 2 is 1.94 bits per heavy atom. The van der Waals surface area contributed by atoms with E-state index in [0.29, 0.717) is 12.5 Å². The van der Waals surface area contributed by atoms with Gasteiger partial charge in [0.25, 0.3) is 0 Å². The van der Waals surface area contributed by atoms with Crippen molar-refractivity contribution in [1.82, 2.24) is 4.31 Å². The predicted molar refractivity (Wildman–Crippen MR) is 71.3 cm³/mol. The molecule has 1 aliphatic rings. The molecule has 1 saturated carbocycles. The second-order valence-electron chi connectivity index (χ2n) is 5.03. The molecule has 0 aliphatic heterocycles. The Morgan fingerprint density at radius 3 is 2.53 bits per heavy atom. The first kappa shape index (κ1) is 14.9. The summed E-state index contributed by atoms with van der Waals surface area (Å²) < 4.78 is 25.9. The number of hydrogen-bond donors (Lipinski definition) is 1. The average molecular weight is 262 g/mol. The van der Waals surface area contributed by atoms with Crippen LogP contribution in [0, 0.1) is 5.92 Å². The minimum Gasteiger partial charge on any atom is -0.330 e. The Balaban J connectivity index is 2.69. The molecule has 0 bridgehead atoms. The number of sulfonamides is 1. The van der Waals surface area contributed by atoms with Gasteiger partial charge in [0.1, 0.15) is 0 Å². The highest BCUT2D eigenvalue weighted by atomic mass is 32.2. The maximum atomic E-state index is 12.1. The summed E-state index contributed by atoms with van der Waals surface area (Å²) in [4.78, 5) is 0. The van der Waals surface area contributed by atoms with Gasteiger partial charge in [0.15, 0.2) is 0 Å². The molecule has 0 radical (unpaired) electrons. The van der Waals surface area contributed by atoms with E-state index < -0.39 is 10.0 Å². The number of hydrogen-bond acceptors (Lipinski definition) is 3. The fourth-order valence-corrected chi connectivity index (χ4v) is 4.25. The third-order valence-corrected chi connectivity index (χ3v) is 5.79. The van der Waals surface area contributed by atoms with Crippen LogP contribution in [0.25, 0.3) is 0 Å². The molecule has 2 N–H and O–H groups in total. The van der Waals surface area contributed by atoms with Crippen molar-refractivity contribution in [2.75, 3.05) is 19.3 Å². The second kappa shape index (κ2) is 6.71. The van der Waals surface area contributed by atoms with Gasteiger partial charge in [0.05, 0.1) is 5.75 Å². The molecular formula is C12H26N2O2S. The van der Waals surface area contributed by atoms with Gasteiger partial charge in [-0.3, -0.25) is 0 Å². The molecule has 1 rings (SSSR count). The minimum absolute atomic E-state index is 0.121. The lowest BCUT2D eigenvalue weighted by atomic mass is 9.85. The standard InChI is InChI=1S/C12H26N2O2S/c1-3-4-9-17(15,16)14(2)12-8-6-5-7-11(12)10-13/h11-12H,3-10,13H2,1-2H3. The first-order valence-corrected chi connectivity index (χ1v) is 8.29. The van der Waals surface area contributed by atoms with Gasteiger partial charge >= 0.3 is 0 Å². The van der Waals surface area contributed by atoms with Gasteiger partial charge in [0.2, 0.25) is 10.0 Å². The third kappa shape index (κ3) is 3.93. The summed E-state index contributed by atoms with van der Waals surface area (Å²) in [5.41, 5.74) is 5.75. The average Bonchev–Trinajstić information content (AvgIpc) is 2.35. The van der Waals surface area contributed by atoms with Gasteiger partial charge in [-0.15, -0.1) is 0 Å². The van der Waals surface area contributed by atoms with E-state index in [0.717, 1.165) is 32.1 Å². The zero-order chi connectivity index (χ0) is 12.9. The lowest BCUT2D eigenvalue weighted by Gasteiger charge is -2.36. The molecule has 17 heavy (non-hydrogen) atoms. The fraction of sp³-hybridized carbons (Fsp3) is 1.00. The van der Waals surface area contributed by atoms with E-state index in [1.165, 1.54) is 6.42 Å². The predicted octanol–water partition coefficient (Wildman–Crippen LogP) is 1.57. The highest BCUT2D eigenvalue weighted by molar-refractivity contribution is 7.89. The summed E-state index contributed by atoms with van der Waals surface area (Å²) in [6.45, 7) is 2.61. The maximum Gasteiger partial charge on any atom is 0.214 e. The van der Waals surface area contributed by atoms with Crippen LogP contribution in [0.3, 0.4) is 0 Å². The molecule has 5 heteroatoms. The van der Waals surface area contributed by atoms with Crippen LogP contribution in [-0.2, 0) is 10.0 Å². The van der Waals surface area contributed by atoms with Gasteiger partial charge in [-0.1, -0.05) is 26.2 Å². The summed E-state index contributed by atoms with van der Waals surface area (Å²) in [7, 11) is -1.36. The van der Waals surface area contributed by atoms with Crippen LogP contribution in [-0.4, -0.2) is 38.1 Å². The summed E-state index contributed by atoms with van der Waals surface area (Å²) in [6.07, 6.45) is 5.99. The van der Waals surface area contributed by atoms with Crippen LogP contribution in [0.15, 0.2) is 0 Å². The van der Waals surface area contributed by atoms with E-state index in [1.807, 2.05) is 6.92 Å². The van der Waals surface area contributed by atoms with Crippen molar-refractivity contribution in [3.05, 3.63) is 0 Å². The Kier molecular flexibility index (Phi) is 5.89. The van der Waals surface area contributed by atoms with Crippen LogP contribution < -0.4 is 5.73 Å². The second-order valence-corrected chi connectivity index (χ2v) is 7.18. The van der Waals surface area contributed by atoms with Crippen molar-refractivity contribution in [2.45, 2.75) is 51.5 Å². The molecule has 0 heterocycles. The Bertz CT molecular complexity index is 316. The molecule has 0 aromatic rings. The van der Waals surface area contributed by atoms with Crippen LogP contribution in [0.4, 0.5) is 0 Å². The monoisotopic (exact) mass is 262 g/mol. The van der Waals surface area contributed by atoms with E-state index in [2.05, 4.69) is 0 Å². The molecule has 0 saturated heterocycles. The van der Waals surface area contributed by atoms with Crippen molar-refractivity contribution in [2.24, 2.45) is 11.7 Å². The summed E-state index contributed by atoms with van der Waals surface area (Å²) in [5, 5.41) is 0. The Hall–Kier alpha value is -0.130. The third-order valence-electron chi connectivity index (χ3n) is 3.83. The van der Waals surface area contributed by atoms with Crippen LogP contribution in [0.1, 0.15) is 45.4 Å². The number of nitrogens with zero attached hydrogens (tertiary/aromatic N) is 1. The molecule has 0 aromatic carbocycles. The van der Waals surface area contributed by atoms with Crippen molar-refractivity contribution in [3.63, 3.8) is 0 Å². The molecule has 2 atom stereocenters. The first-order chi connectivity index (χ1) is 8.03. The van der Waals surface area contributed by atoms with Crippen LogP contribution in [0.5, 0.6) is 0 Å². The first-order valence-electron chi connectivity index (χ1n) is 6.68. The summed E-state index contributed by atoms with van der Waals surface area (Å²) in [5.74, 6) is 0.610. The molecule has 0 amide bonds. The quantitative estimate of drug-likeness (QED) is 0.790. The molecule has 0 aromatic heterocycles. The highest BCUT2D eigenvalue weighted by Gasteiger charge is 2.32. The van der Waals surface area contributed by atoms with E-state index in [9.17, 15) is 8.42 Å². The summed E-state index contributed by atoms with van der Waals surface area (Å²) in [6, 6.07) is 0.121. The normalized spacial score (nSPS) is 26.4.